The van der Waals surface area contributed by atoms with Crippen molar-refractivity contribution >= 4 is 44.1 Å². The Morgan fingerprint density at radius 2 is 2.04 bits per heavy atom. The molecule has 0 aliphatic heterocycles. The number of nitrogens with two attached hydrogens (primary N) is 2. The molecule has 142 valence electrons. The van der Waals surface area contributed by atoms with E-state index in [1.807, 2.05) is 0 Å². The molecular formula is C15H16FN7O3S. The van der Waals surface area contributed by atoms with Crippen LogP contribution in [0.25, 0.3) is 10.2 Å². The van der Waals surface area contributed by atoms with Gasteiger partial charge in [-0.05, 0) is 18.2 Å². The van der Waals surface area contributed by atoms with Crippen LogP contribution in [0, 0.1) is 5.82 Å². The van der Waals surface area contributed by atoms with Crippen molar-refractivity contribution in [2.45, 2.75) is 0 Å². The van der Waals surface area contributed by atoms with Crippen molar-refractivity contribution in [2.24, 2.45) is 19.9 Å². The van der Waals surface area contributed by atoms with Gasteiger partial charge in [0.25, 0.3) is 5.56 Å². The van der Waals surface area contributed by atoms with Crippen LogP contribution in [-0.2, 0) is 18.9 Å². The van der Waals surface area contributed by atoms with Gasteiger partial charge in [0.15, 0.2) is 10.8 Å². The van der Waals surface area contributed by atoms with Crippen LogP contribution in [0.15, 0.2) is 27.8 Å². The van der Waals surface area contributed by atoms with Gasteiger partial charge in [0.05, 0.1) is 10.2 Å². The molecule has 0 spiro atoms. The number of carbonyl (C=O) groups is 1. The van der Waals surface area contributed by atoms with Crippen molar-refractivity contribution < 1.29 is 9.18 Å². The number of fused-ring (bicyclic) bond motifs is 1. The maximum atomic E-state index is 13.2. The second kappa shape index (κ2) is 6.81. The third-order valence-electron chi connectivity index (χ3n) is 3.88. The maximum absolute atomic E-state index is 13.2. The summed E-state index contributed by atoms with van der Waals surface area (Å²) in [6, 6.07) is 4.08. The second-order valence-electron chi connectivity index (χ2n) is 5.75. The maximum Gasteiger partial charge on any atom is 0.332 e. The lowest BCUT2D eigenvalue weighted by atomic mass is 10.3. The van der Waals surface area contributed by atoms with Crippen LogP contribution in [0.4, 0.5) is 21.0 Å². The number of nitrogen functional groups attached to an aromatic ring is 1. The number of hydrogen-bond acceptors (Lipinski definition) is 8. The SMILES string of the molecule is Cn1c(N)c(N(N)CC(=O)Nc2nc3ccc(F)cc3s2)c(=O)n(C)c1=O. The van der Waals surface area contributed by atoms with E-state index in [-0.39, 0.29) is 16.6 Å². The first kappa shape index (κ1) is 18.5. The summed E-state index contributed by atoms with van der Waals surface area (Å²) >= 11 is 1.10. The Hall–Kier alpha value is -3.25. The number of thiazole rings is 1. The molecule has 0 atom stereocenters. The van der Waals surface area contributed by atoms with Crippen LogP contribution in [0.5, 0.6) is 0 Å². The van der Waals surface area contributed by atoms with E-state index in [0.29, 0.717) is 10.2 Å². The Bertz CT molecular complexity index is 1170. The van der Waals surface area contributed by atoms with Gasteiger partial charge in [-0.2, -0.15) is 0 Å². The van der Waals surface area contributed by atoms with E-state index in [9.17, 15) is 18.8 Å². The third kappa shape index (κ3) is 3.39. The summed E-state index contributed by atoms with van der Waals surface area (Å²) in [5.74, 6) is 4.71. The molecule has 0 saturated heterocycles. The Kier molecular flexibility index (Phi) is 4.68. The Balaban J connectivity index is 1.81. The number of anilines is 3. The normalized spacial score (nSPS) is 11.0. The zero-order chi connectivity index (χ0) is 19.9. The van der Waals surface area contributed by atoms with Gasteiger partial charge in [0.1, 0.15) is 18.2 Å². The fourth-order valence-electron chi connectivity index (χ4n) is 2.46. The van der Waals surface area contributed by atoms with E-state index in [0.717, 1.165) is 25.5 Å². The average molecular weight is 393 g/mol. The van der Waals surface area contributed by atoms with E-state index in [2.05, 4.69) is 10.3 Å². The second-order valence-corrected chi connectivity index (χ2v) is 6.78. The number of rotatable bonds is 4. The summed E-state index contributed by atoms with van der Waals surface area (Å²) in [6.45, 7) is -0.415. The van der Waals surface area contributed by atoms with Crippen molar-refractivity contribution in [3.8, 4) is 0 Å². The van der Waals surface area contributed by atoms with E-state index in [4.69, 9.17) is 11.6 Å². The Morgan fingerprint density at radius 3 is 2.74 bits per heavy atom. The fraction of sp³-hybridized carbons (Fsp3) is 0.200. The summed E-state index contributed by atoms with van der Waals surface area (Å²) < 4.78 is 15.7. The molecule has 1 amide bonds. The highest BCUT2D eigenvalue weighted by Gasteiger charge is 2.20. The van der Waals surface area contributed by atoms with Crippen molar-refractivity contribution in [1.29, 1.82) is 0 Å². The minimum absolute atomic E-state index is 0.158. The van der Waals surface area contributed by atoms with Crippen molar-refractivity contribution in [3.63, 3.8) is 0 Å². The topological polar surface area (TPSA) is 141 Å². The van der Waals surface area contributed by atoms with Gasteiger partial charge in [-0.25, -0.2) is 20.0 Å². The molecular weight excluding hydrogens is 377 g/mol. The number of hydrogen-bond donors (Lipinski definition) is 3. The van der Waals surface area contributed by atoms with Gasteiger partial charge >= 0.3 is 5.69 Å². The monoisotopic (exact) mass is 393 g/mol. The van der Waals surface area contributed by atoms with Crippen molar-refractivity contribution in [2.75, 3.05) is 22.6 Å². The molecule has 27 heavy (non-hydrogen) atoms. The summed E-state index contributed by atoms with van der Waals surface area (Å²) in [5.41, 5.74) is 4.83. The standard InChI is InChI=1S/C15H16FN7O3S/c1-21-12(17)11(13(25)22(2)15(21)26)23(18)6-10(24)20-14-19-8-4-3-7(16)5-9(8)27-14/h3-5H,6,17-18H2,1-2H3,(H,19,20,24). The summed E-state index contributed by atoms with van der Waals surface area (Å²) in [7, 11) is 2.66. The predicted octanol–water partition coefficient (Wildman–Crippen LogP) is -0.266. The lowest BCUT2D eigenvalue weighted by Crippen LogP contribution is -2.47. The molecule has 3 aromatic rings. The highest BCUT2D eigenvalue weighted by molar-refractivity contribution is 7.22. The van der Waals surface area contributed by atoms with Gasteiger partial charge in [0.2, 0.25) is 5.91 Å². The van der Waals surface area contributed by atoms with Crippen LogP contribution < -0.4 is 33.2 Å². The van der Waals surface area contributed by atoms with Crippen LogP contribution in [0.1, 0.15) is 0 Å². The first-order chi connectivity index (χ1) is 12.7. The zero-order valence-electron chi connectivity index (χ0n) is 14.4. The minimum Gasteiger partial charge on any atom is -0.383 e. The fourth-order valence-corrected chi connectivity index (χ4v) is 3.36. The lowest BCUT2D eigenvalue weighted by Gasteiger charge is -2.20. The van der Waals surface area contributed by atoms with E-state index < -0.39 is 29.5 Å². The molecule has 0 aliphatic rings. The molecule has 1 aromatic carbocycles. The highest BCUT2D eigenvalue weighted by atomic mass is 32.1. The number of carbonyl (C=O) groups excluding carboxylic acids is 1. The molecule has 10 nitrogen and oxygen atoms in total. The zero-order valence-corrected chi connectivity index (χ0v) is 15.2. The summed E-state index contributed by atoms with van der Waals surface area (Å²) in [5, 5.41) is 3.66. The average Bonchev–Trinajstić information content (AvgIpc) is 2.99. The molecule has 2 aromatic heterocycles. The summed E-state index contributed by atoms with van der Waals surface area (Å²) in [4.78, 5) is 40.5. The van der Waals surface area contributed by atoms with Gasteiger partial charge in [-0.3, -0.25) is 23.7 Å². The quantitative estimate of drug-likeness (QED) is 0.409. The number of amides is 1. The van der Waals surface area contributed by atoms with Gasteiger partial charge < -0.3 is 11.1 Å². The molecule has 0 unspecified atom stereocenters. The minimum atomic E-state index is -0.721. The molecule has 5 N–H and O–H groups in total. The number of benzene rings is 1. The molecule has 0 saturated carbocycles. The molecule has 0 fully saturated rings. The molecule has 0 aliphatic carbocycles. The van der Waals surface area contributed by atoms with E-state index in [1.54, 1.807) is 0 Å². The largest absolute Gasteiger partial charge is 0.383 e. The number of hydrazine groups is 1. The molecule has 0 bridgehead atoms. The number of nitrogens with zero attached hydrogens (tertiary/aromatic N) is 4. The smallest absolute Gasteiger partial charge is 0.332 e. The Morgan fingerprint density at radius 1 is 1.33 bits per heavy atom. The number of halogens is 1. The van der Waals surface area contributed by atoms with Crippen LogP contribution in [0.2, 0.25) is 0 Å². The van der Waals surface area contributed by atoms with Crippen LogP contribution in [-0.4, -0.2) is 26.6 Å². The first-order valence-corrected chi connectivity index (χ1v) is 8.44. The molecule has 2 heterocycles. The first-order valence-electron chi connectivity index (χ1n) is 7.62. The van der Waals surface area contributed by atoms with Crippen LogP contribution >= 0.6 is 11.3 Å². The van der Waals surface area contributed by atoms with Gasteiger partial charge in [-0.1, -0.05) is 11.3 Å². The highest BCUT2D eigenvalue weighted by Crippen LogP contribution is 2.26. The lowest BCUT2D eigenvalue weighted by molar-refractivity contribution is -0.115. The molecule has 12 heteroatoms. The van der Waals surface area contributed by atoms with E-state index >= 15 is 0 Å². The Labute approximate surface area is 155 Å². The number of aromatic nitrogens is 3. The van der Waals surface area contributed by atoms with Gasteiger partial charge in [0, 0.05) is 14.1 Å². The molecule has 0 radical (unpaired) electrons. The van der Waals surface area contributed by atoms with Crippen molar-refractivity contribution in [1.82, 2.24) is 14.1 Å². The third-order valence-corrected chi connectivity index (χ3v) is 4.82. The summed E-state index contributed by atoms with van der Waals surface area (Å²) in [6.07, 6.45) is 0. The predicted molar refractivity (Wildman–Crippen MR) is 101 cm³/mol. The van der Waals surface area contributed by atoms with Crippen molar-refractivity contribution in [3.05, 3.63) is 44.9 Å². The van der Waals surface area contributed by atoms with Gasteiger partial charge in [-0.15, -0.1) is 0 Å². The number of nitrogens with one attached hydrogen (secondary N) is 1. The van der Waals surface area contributed by atoms with Crippen LogP contribution in [0.3, 0.4) is 0 Å². The molecule has 3 rings (SSSR count). The van der Waals surface area contributed by atoms with E-state index in [1.165, 1.54) is 32.3 Å².